The largest absolute Gasteiger partial charge is 0.368 e. The molecule has 2 aromatic heterocycles. The topological polar surface area (TPSA) is 132 Å². The van der Waals surface area contributed by atoms with Crippen LogP contribution in [-0.2, 0) is 0 Å². The third-order valence-electron chi connectivity index (χ3n) is 4.41. The Bertz CT molecular complexity index is 986. The van der Waals surface area contributed by atoms with Crippen LogP contribution in [0.4, 0.5) is 17.6 Å². The van der Waals surface area contributed by atoms with Gasteiger partial charge in [-0.3, -0.25) is 4.79 Å². The molecule has 144 valence electrons. The molecule has 0 aliphatic rings. The summed E-state index contributed by atoms with van der Waals surface area (Å²) >= 11 is 0. The molecule has 0 atom stereocenters. The minimum atomic E-state index is -0.498. The number of hydrogen-bond acceptors (Lipinski definition) is 7. The van der Waals surface area contributed by atoms with Crippen molar-refractivity contribution >= 4 is 23.5 Å². The number of nitrogen functional groups attached to an aromatic ring is 1. The van der Waals surface area contributed by atoms with Crippen LogP contribution in [0.2, 0.25) is 0 Å². The van der Waals surface area contributed by atoms with E-state index in [4.69, 9.17) is 11.5 Å². The lowest BCUT2D eigenvalue weighted by molar-refractivity contribution is 0.1000. The Morgan fingerprint density at radius 2 is 1.79 bits per heavy atom. The zero-order valence-electron chi connectivity index (χ0n) is 15.9. The fraction of sp³-hybridized carbons (Fsp3) is 0.200. The van der Waals surface area contributed by atoms with Crippen LogP contribution in [0.1, 0.15) is 21.5 Å². The van der Waals surface area contributed by atoms with Crippen LogP contribution in [0.5, 0.6) is 0 Å². The molecule has 1 amide bonds. The second kappa shape index (κ2) is 8.34. The van der Waals surface area contributed by atoms with Crippen molar-refractivity contribution in [3.8, 4) is 11.3 Å². The number of anilines is 3. The maximum absolute atomic E-state index is 11.1. The van der Waals surface area contributed by atoms with Gasteiger partial charge in [-0.15, -0.1) is 0 Å². The molecule has 0 saturated carbocycles. The van der Waals surface area contributed by atoms with Gasteiger partial charge < -0.3 is 22.1 Å². The van der Waals surface area contributed by atoms with E-state index < -0.39 is 5.91 Å². The summed E-state index contributed by atoms with van der Waals surface area (Å²) in [5.74, 6) is 1.03. The van der Waals surface area contributed by atoms with Crippen LogP contribution in [-0.4, -0.2) is 33.9 Å². The highest BCUT2D eigenvalue weighted by atomic mass is 16.1. The second-order valence-corrected chi connectivity index (χ2v) is 6.39. The van der Waals surface area contributed by atoms with Gasteiger partial charge in [0.05, 0.1) is 11.3 Å². The molecule has 1 aromatic carbocycles. The number of amides is 1. The summed E-state index contributed by atoms with van der Waals surface area (Å²) in [6.45, 7) is 5.34. The summed E-state index contributed by atoms with van der Waals surface area (Å²) in [6.07, 6.45) is 1.44. The van der Waals surface area contributed by atoms with Gasteiger partial charge in [0.2, 0.25) is 11.9 Å². The monoisotopic (exact) mass is 377 g/mol. The second-order valence-electron chi connectivity index (χ2n) is 6.39. The first-order valence-corrected chi connectivity index (χ1v) is 8.89. The van der Waals surface area contributed by atoms with Gasteiger partial charge in [-0.05, 0) is 37.1 Å². The smallest absolute Gasteiger partial charge is 0.250 e. The highest BCUT2D eigenvalue weighted by Gasteiger charge is 2.08. The van der Waals surface area contributed by atoms with Crippen LogP contribution in [0, 0.1) is 13.8 Å². The van der Waals surface area contributed by atoms with Gasteiger partial charge in [-0.1, -0.05) is 18.2 Å². The SMILES string of the molecule is Cc1cccc(-c2cc(NCCNc3ccc(C(N)=O)cn3)nc(N)n2)c1C. The molecular weight excluding hydrogens is 354 g/mol. The molecule has 0 aliphatic heterocycles. The van der Waals surface area contributed by atoms with Crippen molar-refractivity contribution in [2.75, 3.05) is 29.5 Å². The van der Waals surface area contributed by atoms with E-state index in [0.29, 0.717) is 30.3 Å². The molecule has 8 nitrogen and oxygen atoms in total. The number of carbonyl (C=O) groups is 1. The number of nitrogens with two attached hydrogens (primary N) is 2. The third kappa shape index (κ3) is 4.53. The Balaban J connectivity index is 1.62. The number of nitrogens with zero attached hydrogens (tertiary/aromatic N) is 3. The van der Waals surface area contributed by atoms with Gasteiger partial charge in [0.15, 0.2) is 0 Å². The summed E-state index contributed by atoms with van der Waals surface area (Å²) in [4.78, 5) is 23.8. The Labute approximate surface area is 163 Å². The molecule has 0 spiro atoms. The number of nitrogens with one attached hydrogen (secondary N) is 2. The normalized spacial score (nSPS) is 10.5. The zero-order chi connectivity index (χ0) is 20.1. The molecule has 3 rings (SSSR count). The van der Waals surface area contributed by atoms with Gasteiger partial charge in [-0.2, -0.15) is 4.98 Å². The first-order valence-electron chi connectivity index (χ1n) is 8.89. The van der Waals surface area contributed by atoms with Crippen molar-refractivity contribution in [2.45, 2.75) is 13.8 Å². The van der Waals surface area contributed by atoms with E-state index in [1.165, 1.54) is 17.3 Å². The first-order chi connectivity index (χ1) is 13.4. The maximum atomic E-state index is 11.1. The lowest BCUT2D eigenvalue weighted by Crippen LogP contribution is -2.16. The van der Waals surface area contributed by atoms with Crippen LogP contribution >= 0.6 is 0 Å². The number of benzene rings is 1. The molecule has 0 fully saturated rings. The summed E-state index contributed by atoms with van der Waals surface area (Å²) in [5, 5.41) is 6.39. The van der Waals surface area contributed by atoms with E-state index in [0.717, 1.165) is 11.3 Å². The summed E-state index contributed by atoms with van der Waals surface area (Å²) in [6, 6.07) is 11.3. The number of primary amides is 1. The van der Waals surface area contributed by atoms with E-state index in [-0.39, 0.29) is 5.95 Å². The molecule has 0 radical (unpaired) electrons. The number of hydrogen-bond donors (Lipinski definition) is 4. The van der Waals surface area contributed by atoms with Crippen molar-refractivity contribution in [3.63, 3.8) is 0 Å². The van der Waals surface area contributed by atoms with Gasteiger partial charge in [0, 0.05) is 30.9 Å². The standard InChI is InChI=1S/C20H23N7O/c1-12-4-3-5-15(13(12)2)16-10-18(27-20(22)26-16)24-9-8-23-17-7-6-14(11-25-17)19(21)28/h3-7,10-11H,8-9H2,1-2H3,(H2,21,28)(H,23,25)(H3,22,24,26,27). The fourth-order valence-corrected chi connectivity index (χ4v) is 2.75. The minimum Gasteiger partial charge on any atom is -0.368 e. The van der Waals surface area contributed by atoms with E-state index in [1.54, 1.807) is 12.1 Å². The number of aryl methyl sites for hydroxylation is 1. The molecule has 2 heterocycles. The number of rotatable bonds is 7. The fourth-order valence-electron chi connectivity index (χ4n) is 2.75. The number of carbonyl (C=O) groups excluding carboxylic acids is 1. The van der Waals surface area contributed by atoms with E-state index in [1.807, 2.05) is 18.2 Å². The first kappa shape index (κ1) is 19.1. The van der Waals surface area contributed by atoms with Crippen molar-refractivity contribution in [3.05, 3.63) is 59.3 Å². The molecule has 28 heavy (non-hydrogen) atoms. The predicted molar refractivity (Wildman–Crippen MR) is 111 cm³/mol. The molecule has 0 aliphatic carbocycles. The summed E-state index contributed by atoms with van der Waals surface area (Å²) in [7, 11) is 0. The van der Waals surface area contributed by atoms with E-state index in [2.05, 4.69) is 45.5 Å². The highest BCUT2D eigenvalue weighted by Crippen LogP contribution is 2.25. The van der Waals surface area contributed by atoms with Crippen LogP contribution < -0.4 is 22.1 Å². The Morgan fingerprint density at radius 3 is 2.46 bits per heavy atom. The minimum absolute atomic E-state index is 0.220. The van der Waals surface area contributed by atoms with Gasteiger partial charge >= 0.3 is 0 Å². The summed E-state index contributed by atoms with van der Waals surface area (Å²) in [5.41, 5.74) is 15.7. The highest BCUT2D eigenvalue weighted by molar-refractivity contribution is 5.92. The van der Waals surface area contributed by atoms with Crippen LogP contribution in [0.25, 0.3) is 11.3 Å². The number of aromatic nitrogens is 3. The average Bonchev–Trinajstić information content (AvgIpc) is 2.67. The molecule has 8 heteroatoms. The van der Waals surface area contributed by atoms with Crippen molar-refractivity contribution < 1.29 is 4.79 Å². The number of pyridine rings is 1. The Morgan fingerprint density at radius 1 is 1.04 bits per heavy atom. The van der Waals surface area contributed by atoms with Crippen LogP contribution in [0.15, 0.2) is 42.6 Å². The molecule has 3 aromatic rings. The lowest BCUT2D eigenvalue weighted by atomic mass is 10.0. The lowest BCUT2D eigenvalue weighted by Gasteiger charge is -2.12. The van der Waals surface area contributed by atoms with Gasteiger partial charge in [-0.25, -0.2) is 9.97 Å². The van der Waals surface area contributed by atoms with Crippen molar-refractivity contribution in [2.24, 2.45) is 5.73 Å². The van der Waals surface area contributed by atoms with Crippen LogP contribution in [0.3, 0.4) is 0 Å². The maximum Gasteiger partial charge on any atom is 0.250 e. The summed E-state index contributed by atoms with van der Waals surface area (Å²) < 4.78 is 0. The van der Waals surface area contributed by atoms with Crippen molar-refractivity contribution in [1.82, 2.24) is 15.0 Å². The molecule has 6 N–H and O–H groups in total. The average molecular weight is 377 g/mol. The van der Waals surface area contributed by atoms with Gasteiger partial charge in [0.1, 0.15) is 11.6 Å². The Hall–Kier alpha value is -3.68. The zero-order valence-corrected chi connectivity index (χ0v) is 15.9. The molecule has 0 unspecified atom stereocenters. The molecular formula is C20H23N7O. The van der Waals surface area contributed by atoms with Gasteiger partial charge in [0.25, 0.3) is 0 Å². The quantitative estimate of drug-likeness (QED) is 0.465. The van der Waals surface area contributed by atoms with E-state index in [9.17, 15) is 4.79 Å². The molecule has 0 saturated heterocycles. The Kier molecular flexibility index (Phi) is 5.69. The van der Waals surface area contributed by atoms with E-state index >= 15 is 0 Å². The molecule has 0 bridgehead atoms. The predicted octanol–water partition coefficient (Wildman–Crippen LogP) is 2.36. The third-order valence-corrected chi connectivity index (χ3v) is 4.41. The van der Waals surface area contributed by atoms with Crippen molar-refractivity contribution in [1.29, 1.82) is 0 Å².